The number of anilines is 6. The highest BCUT2D eigenvalue weighted by atomic mass is 127. The summed E-state index contributed by atoms with van der Waals surface area (Å²) in [6.45, 7) is 2.69. The molecule has 2 aromatic rings. The van der Waals surface area contributed by atoms with Crippen molar-refractivity contribution in [3.63, 3.8) is 0 Å². The summed E-state index contributed by atoms with van der Waals surface area (Å²) in [6, 6.07) is 0. The molecule has 0 aliphatic carbocycles. The lowest BCUT2D eigenvalue weighted by atomic mass is 9.97. The Morgan fingerprint density at radius 1 is 0.656 bits per heavy atom. The van der Waals surface area contributed by atoms with Gasteiger partial charge in [-0.1, -0.05) is 0 Å². The molecule has 14 heteroatoms. The molecule has 0 radical (unpaired) electrons. The van der Waals surface area contributed by atoms with Gasteiger partial charge in [0.25, 0.3) is 11.8 Å². The summed E-state index contributed by atoms with van der Waals surface area (Å²) in [5.74, 6) is -1.21. The molecule has 0 bridgehead atoms. The van der Waals surface area contributed by atoms with E-state index in [2.05, 4.69) is 10.6 Å². The lowest BCUT2D eigenvalue weighted by molar-refractivity contribution is -0.123. The van der Waals surface area contributed by atoms with Crippen LogP contribution in [-0.2, 0) is 9.59 Å². The number of carbonyl (C=O) groups is 2. The number of nitrogens with two attached hydrogens (primary N) is 4. The Hall–Kier alpha value is -0.580. The minimum atomic E-state index is -1.22. The first-order valence-corrected chi connectivity index (χ1v) is 13.1. The summed E-state index contributed by atoms with van der Waals surface area (Å²) in [5, 5.41) is 24.3. The molecule has 2 rings (SSSR count). The van der Waals surface area contributed by atoms with E-state index in [4.69, 9.17) is 22.9 Å². The molecule has 32 heavy (non-hydrogen) atoms. The Bertz CT molecular complexity index is 978. The Kier molecular flexibility index (Phi) is 9.32. The fourth-order valence-electron chi connectivity index (χ4n) is 2.67. The van der Waals surface area contributed by atoms with E-state index >= 15 is 0 Å². The van der Waals surface area contributed by atoms with E-state index in [9.17, 15) is 19.8 Å². The van der Waals surface area contributed by atoms with Crippen molar-refractivity contribution < 1.29 is 19.8 Å². The van der Waals surface area contributed by atoms with Crippen molar-refractivity contribution in [2.45, 2.75) is 26.1 Å². The number of hydrogen-bond acceptors (Lipinski definition) is 8. The fraction of sp³-hybridized carbons (Fsp3) is 0.222. The molecule has 0 fully saturated rings. The van der Waals surface area contributed by atoms with Crippen molar-refractivity contribution in [3.05, 3.63) is 14.3 Å². The number of nitrogen functional groups attached to an aromatic ring is 4. The predicted molar refractivity (Wildman–Crippen MR) is 161 cm³/mol. The SMILES string of the molecule is CC(O)C(=O)Nc1c(I)c(N)c(-c2c(N)c(I)c(NC(=O)C(C)O)c(I)c2N)c(N)c1I. The Morgan fingerprint density at radius 3 is 1.06 bits per heavy atom. The molecule has 0 aliphatic rings. The van der Waals surface area contributed by atoms with Crippen molar-refractivity contribution in [1.82, 2.24) is 0 Å². The van der Waals surface area contributed by atoms with Gasteiger partial charge in [-0.05, 0) is 104 Å². The van der Waals surface area contributed by atoms with Gasteiger partial charge in [0, 0.05) is 11.1 Å². The van der Waals surface area contributed by atoms with Crippen LogP contribution in [0.4, 0.5) is 34.1 Å². The third kappa shape index (κ3) is 5.23. The van der Waals surface area contributed by atoms with Gasteiger partial charge in [0.2, 0.25) is 0 Å². The van der Waals surface area contributed by atoms with E-state index in [-0.39, 0.29) is 22.7 Å². The number of hydrogen-bond donors (Lipinski definition) is 8. The standard InChI is InChI=1S/C18H20I4N6O4/c1-3(29)17(31)27-15-7(19)11(23)5(12(24)8(15)20)6-13(25)9(21)16(10(22)14(6)26)28-18(32)4(2)30/h3-4,29-30H,23-26H2,1-2H3,(H,27,31)(H,28,32). The molecule has 2 aromatic carbocycles. The number of nitrogens with one attached hydrogen (secondary N) is 2. The van der Waals surface area contributed by atoms with Crippen LogP contribution in [0, 0.1) is 14.3 Å². The van der Waals surface area contributed by atoms with Gasteiger partial charge in [0.1, 0.15) is 12.2 Å². The quantitative estimate of drug-likeness (QED) is 0.165. The van der Waals surface area contributed by atoms with Crippen LogP contribution in [0.25, 0.3) is 11.1 Å². The largest absolute Gasteiger partial charge is 0.397 e. The van der Waals surface area contributed by atoms with Crippen LogP contribution in [0.15, 0.2) is 0 Å². The van der Waals surface area contributed by atoms with Crippen LogP contribution in [-0.4, -0.2) is 34.2 Å². The number of amides is 2. The van der Waals surface area contributed by atoms with Crippen LogP contribution in [0.3, 0.4) is 0 Å². The number of halogens is 4. The van der Waals surface area contributed by atoms with Crippen molar-refractivity contribution in [3.8, 4) is 11.1 Å². The molecular weight excluding hydrogens is 872 g/mol. The van der Waals surface area contributed by atoms with Gasteiger partial charge in [-0.3, -0.25) is 9.59 Å². The number of aliphatic hydroxyl groups excluding tert-OH is 2. The van der Waals surface area contributed by atoms with Crippen LogP contribution < -0.4 is 33.6 Å². The van der Waals surface area contributed by atoms with Crippen molar-refractivity contribution >= 4 is 136 Å². The van der Waals surface area contributed by atoms with Gasteiger partial charge in [0.15, 0.2) is 0 Å². The van der Waals surface area contributed by atoms with E-state index in [1.165, 1.54) is 13.8 Å². The third-order valence-corrected chi connectivity index (χ3v) is 8.89. The molecule has 174 valence electrons. The van der Waals surface area contributed by atoms with E-state index in [0.717, 1.165) is 0 Å². The van der Waals surface area contributed by atoms with Crippen LogP contribution in [0.2, 0.25) is 0 Å². The number of rotatable bonds is 5. The summed E-state index contributed by atoms with van der Waals surface area (Å²) in [7, 11) is 0. The maximum absolute atomic E-state index is 12.0. The molecule has 2 atom stereocenters. The highest BCUT2D eigenvalue weighted by Gasteiger charge is 2.28. The van der Waals surface area contributed by atoms with Gasteiger partial charge < -0.3 is 43.8 Å². The van der Waals surface area contributed by atoms with Crippen molar-refractivity contribution in [2.75, 3.05) is 33.6 Å². The first-order chi connectivity index (χ1) is 14.7. The van der Waals surface area contributed by atoms with Gasteiger partial charge >= 0.3 is 0 Å². The Morgan fingerprint density at radius 2 is 0.875 bits per heavy atom. The molecule has 0 aromatic heterocycles. The van der Waals surface area contributed by atoms with E-state index in [0.29, 0.717) is 36.8 Å². The van der Waals surface area contributed by atoms with Gasteiger partial charge in [-0.25, -0.2) is 0 Å². The van der Waals surface area contributed by atoms with E-state index in [1.54, 1.807) is 0 Å². The Balaban J connectivity index is 2.79. The average molecular weight is 892 g/mol. The minimum Gasteiger partial charge on any atom is -0.397 e. The first kappa shape index (κ1) is 27.7. The number of carbonyl (C=O) groups excluding carboxylic acids is 2. The molecule has 12 N–H and O–H groups in total. The highest BCUT2D eigenvalue weighted by Crippen LogP contribution is 2.50. The summed E-state index contributed by atoms with van der Waals surface area (Å²) in [6.07, 6.45) is -2.44. The number of aliphatic hydroxyl groups is 2. The zero-order chi connectivity index (χ0) is 24.7. The fourth-order valence-corrected chi connectivity index (χ4v) is 6.40. The van der Waals surface area contributed by atoms with Gasteiger partial charge in [-0.2, -0.15) is 0 Å². The lowest BCUT2D eigenvalue weighted by Crippen LogP contribution is -2.26. The normalized spacial score (nSPS) is 12.9. The van der Waals surface area contributed by atoms with Crippen molar-refractivity contribution in [1.29, 1.82) is 0 Å². The molecule has 0 aliphatic heterocycles. The number of benzene rings is 2. The average Bonchev–Trinajstić information content (AvgIpc) is 2.73. The minimum absolute atomic E-state index is 0.246. The zero-order valence-electron chi connectivity index (χ0n) is 16.7. The monoisotopic (exact) mass is 892 g/mol. The zero-order valence-corrected chi connectivity index (χ0v) is 25.3. The Labute approximate surface area is 238 Å². The smallest absolute Gasteiger partial charge is 0.252 e. The molecule has 2 unspecified atom stereocenters. The third-order valence-electron chi connectivity index (χ3n) is 4.41. The van der Waals surface area contributed by atoms with Gasteiger partial charge in [0.05, 0.1) is 48.4 Å². The maximum atomic E-state index is 12.0. The van der Waals surface area contributed by atoms with Crippen LogP contribution >= 0.6 is 90.4 Å². The second-order valence-corrected chi connectivity index (χ2v) is 11.1. The summed E-state index contributed by atoms with van der Waals surface area (Å²) in [5.41, 5.74) is 28.2. The molecular formula is C18H20I4N6O4. The molecule has 2 amide bonds. The summed E-state index contributed by atoms with van der Waals surface area (Å²) < 4.78 is 2.00. The van der Waals surface area contributed by atoms with Gasteiger partial charge in [-0.15, -0.1) is 0 Å². The lowest BCUT2D eigenvalue weighted by Gasteiger charge is -2.23. The maximum Gasteiger partial charge on any atom is 0.252 e. The molecule has 0 saturated carbocycles. The molecule has 0 saturated heterocycles. The molecule has 0 spiro atoms. The second kappa shape index (κ2) is 10.8. The van der Waals surface area contributed by atoms with E-state index < -0.39 is 24.0 Å². The predicted octanol–water partition coefficient (Wildman–Crippen LogP) is 2.74. The topological polar surface area (TPSA) is 203 Å². The van der Waals surface area contributed by atoms with Crippen LogP contribution in [0.1, 0.15) is 13.8 Å². The second-order valence-electron chi connectivity index (χ2n) is 6.74. The molecule has 10 nitrogen and oxygen atoms in total. The highest BCUT2D eigenvalue weighted by molar-refractivity contribution is 14.1. The van der Waals surface area contributed by atoms with E-state index in [1.807, 2.05) is 90.4 Å². The summed E-state index contributed by atoms with van der Waals surface area (Å²) >= 11 is 7.90. The first-order valence-electron chi connectivity index (χ1n) is 8.82. The summed E-state index contributed by atoms with van der Waals surface area (Å²) in [4.78, 5) is 24.0. The molecule has 0 heterocycles. The van der Waals surface area contributed by atoms with Crippen molar-refractivity contribution in [2.24, 2.45) is 0 Å². The van der Waals surface area contributed by atoms with Crippen LogP contribution in [0.5, 0.6) is 0 Å².